The average molecular weight is 345 g/mol. The van der Waals surface area contributed by atoms with Gasteiger partial charge in [0.2, 0.25) is 11.8 Å². The highest BCUT2D eigenvalue weighted by molar-refractivity contribution is 8.14. The van der Waals surface area contributed by atoms with E-state index in [1.54, 1.807) is 0 Å². The number of hydrogen-bond acceptors (Lipinski definition) is 6. The highest BCUT2D eigenvalue weighted by atomic mass is 32.2. The lowest BCUT2D eigenvalue weighted by molar-refractivity contribution is -0.125. The van der Waals surface area contributed by atoms with Gasteiger partial charge >= 0.3 is 0 Å². The molecule has 9 heteroatoms. The van der Waals surface area contributed by atoms with Gasteiger partial charge in [0.1, 0.15) is 6.54 Å². The van der Waals surface area contributed by atoms with Crippen LogP contribution in [0.2, 0.25) is 0 Å². The predicted molar refractivity (Wildman–Crippen MR) is 88.2 cm³/mol. The molecule has 8 nitrogen and oxygen atoms in total. The van der Waals surface area contributed by atoms with Crippen LogP contribution >= 0.6 is 11.8 Å². The van der Waals surface area contributed by atoms with Crippen LogP contribution in [0.1, 0.15) is 11.3 Å². The molecule has 1 aromatic carbocycles. The maximum Gasteiger partial charge on any atom is 0.289 e. The molecule has 0 spiro atoms. The van der Waals surface area contributed by atoms with E-state index in [2.05, 4.69) is 15.6 Å². The van der Waals surface area contributed by atoms with Crippen molar-refractivity contribution < 1.29 is 14.4 Å². The number of aromatic nitrogens is 3. The van der Waals surface area contributed by atoms with Crippen LogP contribution in [0, 0.1) is 6.92 Å². The fraction of sp³-hybridized carbons (Fsp3) is 0.267. The molecule has 1 N–H and O–H groups in total. The number of carbonyl (C=O) groups excluding carboxylic acids is 3. The molecule has 1 aromatic heterocycles. The first-order chi connectivity index (χ1) is 11.5. The molecule has 0 bridgehead atoms. The highest BCUT2D eigenvalue weighted by Crippen LogP contribution is 2.20. The van der Waals surface area contributed by atoms with Crippen molar-refractivity contribution in [1.29, 1.82) is 0 Å². The first kappa shape index (κ1) is 16.2. The Bertz CT molecular complexity index is 771. The summed E-state index contributed by atoms with van der Waals surface area (Å²) in [5.41, 5.74) is 2.32. The van der Waals surface area contributed by atoms with E-state index in [1.807, 2.05) is 31.2 Å². The fourth-order valence-electron chi connectivity index (χ4n) is 2.20. The van der Waals surface area contributed by atoms with E-state index in [4.69, 9.17) is 0 Å². The largest absolute Gasteiger partial charge is 0.324 e. The van der Waals surface area contributed by atoms with Crippen molar-refractivity contribution >= 4 is 34.5 Å². The first-order valence-electron chi connectivity index (χ1n) is 7.24. The van der Waals surface area contributed by atoms with Crippen molar-refractivity contribution in [3.63, 3.8) is 0 Å². The first-order valence-corrected chi connectivity index (χ1v) is 8.22. The van der Waals surface area contributed by atoms with E-state index in [0.29, 0.717) is 11.4 Å². The molecule has 1 aliphatic heterocycles. The molecule has 1 fully saturated rings. The number of hydrogen-bond donors (Lipinski definition) is 1. The molecule has 3 rings (SSSR count). The molecule has 0 atom stereocenters. The van der Waals surface area contributed by atoms with E-state index in [0.717, 1.165) is 22.2 Å². The molecule has 1 saturated heterocycles. The monoisotopic (exact) mass is 345 g/mol. The lowest BCUT2D eigenvalue weighted by Crippen LogP contribution is -2.30. The molecular weight excluding hydrogens is 330 g/mol. The summed E-state index contributed by atoms with van der Waals surface area (Å²) >= 11 is 0.966. The minimum atomic E-state index is -0.295. The number of thioether (sulfide) groups is 1. The van der Waals surface area contributed by atoms with Crippen LogP contribution in [0.15, 0.2) is 30.5 Å². The lowest BCUT2D eigenvalue weighted by Gasteiger charge is -2.13. The van der Waals surface area contributed by atoms with Crippen molar-refractivity contribution in [3.05, 3.63) is 41.7 Å². The topological polar surface area (TPSA) is 97.2 Å². The summed E-state index contributed by atoms with van der Waals surface area (Å²) in [6.45, 7) is 1.98. The fourth-order valence-corrected chi connectivity index (χ4v) is 2.93. The SMILES string of the molecule is Cc1ccc(NC(=O)Cn2nncc2CN2C(=O)CSC2=O)cc1. The second-order valence-corrected chi connectivity index (χ2v) is 6.26. The minimum Gasteiger partial charge on any atom is -0.324 e. The number of nitrogens with one attached hydrogen (secondary N) is 1. The van der Waals surface area contributed by atoms with Crippen molar-refractivity contribution in [2.45, 2.75) is 20.0 Å². The standard InChI is InChI=1S/C15H15N5O3S/c1-10-2-4-11(5-3-10)17-13(21)8-20-12(6-16-18-20)7-19-14(22)9-24-15(19)23/h2-6H,7-9H2,1H3,(H,17,21). The molecule has 2 heterocycles. The van der Waals surface area contributed by atoms with E-state index < -0.39 is 0 Å². The third kappa shape index (κ3) is 3.62. The summed E-state index contributed by atoms with van der Waals surface area (Å²) < 4.78 is 1.38. The maximum atomic E-state index is 12.1. The Morgan fingerprint density at radius 2 is 2.04 bits per heavy atom. The van der Waals surface area contributed by atoms with Crippen LogP contribution in [0.3, 0.4) is 0 Å². The van der Waals surface area contributed by atoms with Gasteiger partial charge in [-0.25, -0.2) is 4.68 Å². The zero-order valence-corrected chi connectivity index (χ0v) is 13.7. The summed E-state index contributed by atoms with van der Waals surface area (Å²) in [6.07, 6.45) is 1.45. The van der Waals surface area contributed by atoms with Crippen LogP contribution in [0.25, 0.3) is 0 Å². The molecule has 0 aliphatic carbocycles. The quantitative estimate of drug-likeness (QED) is 0.880. The number of imide groups is 1. The molecule has 2 aromatic rings. The average Bonchev–Trinajstić information content (AvgIpc) is 3.11. The van der Waals surface area contributed by atoms with Gasteiger partial charge < -0.3 is 5.32 Å². The molecule has 1 aliphatic rings. The van der Waals surface area contributed by atoms with Gasteiger partial charge in [0, 0.05) is 5.69 Å². The molecule has 124 valence electrons. The van der Waals surface area contributed by atoms with Crippen LogP contribution in [-0.4, -0.2) is 42.7 Å². The zero-order chi connectivity index (χ0) is 17.1. The molecular formula is C15H15N5O3S. The Labute approximate surface area is 142 Å². The lowest BCUT2D eigenvalue weighted by atomic mass is 10.2. The van der Waals surface area contributed by atoms with Gasteiger partial charge in [-0.15, -0.1) is 5.10 Å². The molecule has 24 heavy (non-hydrogen) atoms. The van der Waals surface area contributed by atoms with Gasteiger partial charge in [-0.2, -0.15) is 0 Å². The minimum absolute atomic E-state index is 0.0490. The second-order valence-electron chi connectivity index (χ2n) is 5.33. The molecule has 3 amide bonds. The van der Waals surface area contributed by atoms with Gasteiger partial charge in [-0.3, -0.25) is 19.3 Å². The number of anilines is 1. The van der Waals surface area contributed by atoms with E-state index >= 15 is 0 Å². The van der Waals surface area contributed by atoms with Crippen molar-refractivity contribution in [3.8, 4) is 0 Å². The van der Waals surface area contributed by atoms with E-state index in [-0.39, 0.29) is 35.9 Å². The molecule has 0 radical (unpaired) electrons. The smallest absolute Gasteiger partial charge is 0.289 e. The van der Waals surface area contributed by atoms with Crippen LogP contribution in [-0.2, 0) is 22.7 Å². The predicted octanol–water partition coefficient (Wildman–Crippen LogP) is 1.42. The van der Waals surface area contributed by atoms with Crippen molar-refractivity contribution in [2.24, 2.45) is 0 Å². The number of benzene rings is 1. The Kier molecular flexibility index (Phi) is 4.61. The Hall–Kier alpha value is -2.68. The number of amides is 3. The highest BCUT2D eigenvalue weighted by Gasteiger charge is 2.30. The van der Waals surface area contributed by atoms with Crippen LogP contribution in [0.5, 0.6) is 0 Å². The molecule has 0 saturated carbocycles. The van der Waals surface area contributed by atoms with Crippen LogP contribution in [0.4, 0.5) is 10.5 Å². The van der Waals surface area contributed by atoms with E-state index in [1.165, 1.54) is 10.9 Å². The summed E-state index contributed by atoms with van der Waals surface area (Å²) in [5.74, 6) is -0.366. The van der Waals surface area contributed by atoms with Crippen molar-refractivity contribution in [2.75, 3.05) is 11.1 Å². The van der Waals surface area contributed by atoms with Gasteiger partial charge in [-0.05, 0) is 19.1 Å². The van der Waals surface area contributed by atoms with E-state index in [9.17, 15) is 14.4 Å². The zero-order valence-electron chi connectivity index (χ0n) is 12.9. The Balaban J connectivity index is 1.64. The number of aryl methyl sites for hydroxylation is 1. The summed E-state index contributed by atoms with van der Waals surface area (Å²) in [4.78, 5) is 36.6. The van der Waals surface area contributed by atoms with Gasteiger partial charge in [0.15, 0.2) is 0 Å². The van der Waals surface area contributed by atoms with Gasteiger partial charge in [0.05, 0.1) is 24.2 Å². The summed E-state index contributed by atoms with van der Waals surface area (Å²) in [5, 5.41) is 10.1. The Morgan fingerprint density at radius 3 is 2.71 bits per heavy atom. The maximum absolute atomic E-state index is 12.1. The normalized spacial score (nSPS) is 14.3. The number of rotatable bonds is 5. The second kappa shape index (κ2) is 6.83. The van der Waals surface area contributed by atoms with Crippen molar-refractivity contribution in [1.82, 2.24) is 19.9 Å². The van der Waals surface area contributed by atoms with Gasteiger partial charge in [0.25, 0.3) is 5.24 Å². The number of carbonyl (C=O) groups is 3. The summed E-state index contributed by atoms with van der Waals surface area (Å²) in [7, 11) is 0. The third-order valence-corrected chi connectivity index (χ3v) is 4.35. The number of nitrogens with zero attached hydrogens (tertiary/aromatic N) is 4. The van der Waals surface area contributed by atoms with Crippen LogP contribution < -0.4 is 5.32 Å². The van der Waals surface area contributed by atoms with Gasteiger partial charge in [-0.1, -0.05) is 34.7 Å². The molecule has 0 unspecified atom stereocenters. The summed E-state index contributed by atoms with van der Waals surface area (Å²) in [6, 6.07) is 7.43. The Morgan fingerprint density at radius 1 is 1.29 bits per heavy atom. The third-order valence-electron chi connectivity index (χ3n) is 3.49.